The minimum Gasteiger partial charge on any atom is -0.507 e. The fraction of sp³-hybridized carbons (Fsp3) is 0.267. The summed E-state index contributed by atoms with van der Waals surface area (Å²) in [6, 6.07) is 20.3. The molecule has 0 radical (unpaired) electrons. The molecule has 0 spiro atoms. The highest BCUT2D eigenvalue weighted by molar-refractivity contribution is 6.51. The van der Waals surface area contributed by atoms with Crippen LogP contribution in [0.4, 0.5) is 5.69 Å². The Morgan fingerprint density at radius 2 is 1.54 bits per heavy atom. The SMILES string of the molecule is CCOc1ccc(/C(O)=C2/C(=O)C(=O)N(c3ccccc3)C2c2ccc(OC(C)C)cc2)c(OCC)c1. The third kappa shape index (κ3) is 5.31. The van der Waals surface area contributed by atoms with Crippen molar-refractivity contribution in [3.63, 3.8) is 0 Å². The number of nitrogens with zero attached hydrogens (tertiary/aromatic N) is 1. The lowest BCUT2D eigenvalue weighted by Crippen LogP contribution is -2.29. The predicted octanol–water partition coefficient (Wildman–Crippen LogP) is 5.90. The van der Waals surface area contributed by atoms with Crippen LogP contribution in [-0.4, -0.2) is 36.1 Å². The molecule has 1 amide bonds. The highest BCUT2D eigenvalue weighted by Crippen LogP contribution is 2.44. The standard InChI is InChI=1S/C30H31NO6/c1-5-35-23-16-17-24(25(18-23)36-6-2)28(32)26-27(20-12-14-22(15-13-20)37-19(3)4)31(30(34)29(26)33)21-10-8-7-9-11-21/h7-19,27,32H,5-6H2,1-4H3/b28-26-. The van der Waals surface area contributed by atoms with Gasteiger partial charge in [-0.2, -0.15) is 0 Å². The number of aliphatic hydroxyl groups excluding tert-OH is 1. The number of anilines is 1. The third-order valence-corrected chi connectivity index (χ3v) is 5.87. The summed E-state index contributed by atoms with van der Waals surface area (Å²) in [5, 5.41) is 11.5. The maximum absolute atomic E-state index is 13.4. The number of para-hydroxylation sites is 1. The number of aliphatic hydroxyl groups is 1. The van der Waals surface area contributed by atoms with Crippen molar-refractivity contribution in [2.75, 3.05) is 18.1 Å². The Hall–Kier alpha value is -4.26. The van der Waals surface area contributed by atoms with Gasteiger partial charge in [0, 0.05) is 11.8 Å². The van der Waals surface area contributed by atoms with Gasteiger partial charge in [-0.25, -0.2) is 0 Å². The zero-order chi connectivity index (χ0) is 26.5. The smallest absolute Gasteiger partial charge is 0.300 e. The molecule has 37 heavy (non-hydrogen) atoms. The van der Waals surface area contributed by atoms with Crippen LogP contribution in [0.25, 0.3) is 5.76 Å². The van der Waals surface area contributed by atoms with Crippen molar-refractivity contribution in [2.45, 2.75) is 39.8 Å². The van der Waals surface area contributed by atoms with Crippen LogP contribution in [0.5, 0.6) is 17.2 Å². The first-order chi connectivity index (χ1) is 17.8. The summed E-state index contributed by atoms with van der Waals surface area (Å²) in [6.07, 6.45) is -0.00236. The first kappa shape index (κ1) is 25.8. The van der Waals surface area contributed by atoms with E-state index in [1.807, 2.05) is 33.8 Å². The summed E-state index contributed by atoms with van der Waals surface area (Å²) >= 11 is 0. The maximum atomic E-state index is 13.4. The van der Waals surface area contributed by atoms with Gasteiger partial charge in [0.2, 0.25) is 0 Å². The lowest BCUT2D eigenvalue weighted by Gasteiger charge is -2.26. The van der Waals surface area contributed by atoms with E-state index < -0.39 is 17.7 Å². The zero-order valence-corrected chi connectivity index (χ0v) is 21.4. The first-order valence-corrected chi connectivity index (χ1v) is 12.4. The van der Waals surface area contributed by atoms with Crippen LogP contribution in [0.3, 0.4) is 0 Å². The molecule has 7 heteroatoms. The molecule has 1 heterocycles. The molecule has 4 rings (SSSR count). The number of amides is 1. The topological polar surface area (TPSA) is 85.3 Å². The summed E-state index contributed by atoms with van der Waals surface area (Å²) in [7, 11) is 0. The number of benzene rings is 3. The van der Waals surface area contributed by atoms with Crippen LogP contribution in [0, 0.1) is 0 Å². The summed E-state index contributed by atoms with van der Waals surface area (Å²) in [5.41, 5.74) is 1.50. The predicted molar refractivity (Wildman–Crippen MR) is 142 cm³/mol. The van der Waals surface area contributed by atoms with E-state index in [1.54, 1.807) is 66.7 Å². The number of ether oxygens (including phenoxy) is 3. The van der Waals surface area contributed by atoms with Crippen LogP contribution in [-0.2, 0) is 9.59 Å². The Morgan fingerprint density at radius 1 is 0.892 bits per heavy atom. The Morgan fingerprint density at radius 3 is 2.16 bits per heavy atom. The number of Topliss-reactive ketones (excluding diaryl/α,β-unsaturated/α-hetero) is 1. The molecule has 1 aliphatic heterocycles. The Labute approximate surface area is 216 Å². The number of hydrogen-bond donors (Lipinski definition) is 1. The molecule has 0 bridgehead atoms. The van der Waals surface area contributed by atoms with Gasteiger partial charge in [0.05, 0.1) is 36.5 Å². The van der Waals surface area contributed by atoms with Crippen LogP contribution >= 0.6 is 0 Å². The van der Waals surface area contributed by atoms with Crippen molar-refractivity contribution < 1.29 is 28.9 Å². The fourth-order valence-electron chi connectivity index (χ4n) is 4.38. The highest BCUT2D eigenvalue weighted by atomic mass is 16.5. The molecule has 1 aliphatic rings. The first-order valence-electron chi connectivity index (χ1n) is 12.4. The van der Waals surface area contributed by atoms with Crippen LogP contribution in [0.15, 0.2) is 78.4 Å². The van der Waals surface area contributed by atoms with E-state index in [0.29, 0.717) is 47.3 Å². The molecule has 1 N–H and O–H groups in total. The molecule has 1 unspecified atom stereocenters. The van der Waals surface area contributed by atoms with E-state index in [1.165, 1.54) is 4.90 Å². The molecule has 1 saturated heterocycles. The van der Waals surface area contributed by atoms with Crippen molar-refractivity contribution in [1.82, 2.24) is 0 Å². The van der Waals surface area contributed by atoms with Gasteiger partial charge >= 0.3 is 0 Å². The molecular formula is C30H31NO6. The van der Waals surface area contributed by atoms with Gasteiger partial charge in [0.25, 0.3) is 11.7 Å². The Balaban J connectivity index is 1.90. The van der Waals surface area contributed by atoms with Gasteiger partial charge in [-0.3, -0.25) is 14.5 Å². The summed E-state index contributed by atoms with van der Waals surface area (Å²) in [5.74, 6) is -0.202. The molecule has 0 aliphatic carbocycles. The fourth-order valence-corrected chi connectivity index (χ4v) is 4.38. The maximum Gasteiger partial charge on any atom is 0.300 e. The van der Waals surface area contributed by atoms with Crippen molar-refractivity contribution in [2.24, 2.45) is 0 Å². The monoisotopic (exact) mass is 501 g/mol. The van der Waals surface area contributed by atoms with Gasteiger partial charge in [0.15, 0.2) is 0 Å². The average Bonchev–Trinajstić information content (AvgIpc) is 3.15. The van der Waals surface area contributed by atoms with Gasteiger partial charge in [-0.15, -0.1) is 0 Å². The van der Waals surface area contributed by atoms with Crippen molar-refractivity contribution in [3.8, 4) is 17.2 Å². The Kier molecular flexibility index (Phi) is 7.82. The van der Waals surface area contributed by atoms with Crippen molar-refractivity contribution >= 4 is 23.1 Å². The molecule has 1 fully saturated rings. The lowest BCUT2D eigenvalue weighted by molar-refractivity contribution is -0.132. The normalized spacial score (nSPS) is 16.8. The summed E-state index contributed by atoms with van der Waals surface area (Å²) in [4.78, 5) is 28.2. The average molecular weight is 502 g/mol. The number of carbonyl (C=O) groups excluding carboxylic acids is 2. The molecule has 0 saturated carbocycles. The highest BCUT2D eigenvalue weighted by Gasteiger charge is 2.47. The number of hydrogen-bond acceptors (Lipinski definition) is 6. The van der Waals surface area contributed by atoms with Crippen molar-refractivity contribution in [3.05, 3.63) is 89.5 Å². The van der Waals surface area contributed by atoms with Crippen LogP contribution < -0.4 is 19.1 Å². The molecule has 1 atom stereocenters. The van der Waals surface area contributed by atoms with E-state index in [4.69, 9.17) is 14.2 Å². The molecule has 3 aromatic carbocycles. The van der Waals surface area contributed by atoms with Gasteiger partial charge in [-0.05, 0) is 69.7 Å². The minimum absolute atomic E-state index is 0.00236. The molecule has 192 valence electrons. The molecule has 7 nitrogen and oxygen atoms in total. The minimum atomic E-state index is -0.850. The van der Waals surface area contributed by atoms with Gasteiger partial charge in [0.1, 0.15) is 23.0 Å². The van der Waals surface area contributed by atoms with Crippen molar-refractivity contribution in [1.29, 1.82) is 0 Å². The Bertz CT molecular complexity index is 1300. The van der Waals surface area contributed by atoms with Crippen LogP contribution in [0.2, 0.25) is 0 Å². The largest absolute Gasteiger partial charge is 0.507 e. The van der Waals surface area contributed by atoms with Crippen LogP contribution in [0.1, 0.15) is 44.9 Å². The quantitative estimate of drug-likeness (QED) is 0.223. The van der Waals surface area contributed by atoms with E-state index >= 15 is 0 Å². The second-order valence-electron chi connectivity index (χ2n) is 8.76. The summed E-state index contributed by atoms with van der Waals surface area (Å²) < 4.78 is 17.1. The molecule has 3 aromatic rings. The summed E-state index contributed by atoms with van der Waals surface area (Å²) in [6.45, 7) is 8.38. The van der Waals surface area contributed by atoms with E-state index in [2.05, 4.69) is 0 Å². The third-order valence-electron chi connectivity index (χ3n) is 5.87. The van der Waals surface area contributed by atoms with Gasteiger partial charge in [-0.1, -0.05) is 30.3 Å². The lowest BCUT2D eigenvalue weighted by atomic mass is 9.94. The number of rotatable bonds is 9. The second kappa shape index (κ2) is 11.2. The molecule has 0 aromatic heterocycles. The number of carbonyl (C=O) groups is 2. The zero-order valence-electron chi connectivity index (χ0n) is 21.4. The molecular weight excluding hydrogens is 470 g/mol. The van der Waals surface area contributed by atoms with E-state index in [-0.39, 0.29) is 17.4 Å². The van der Waals surface area contributed by atoms with Gasteiger partial charge < -0.3 is 19.3 Å². The number of ketones is 1. The van der Waals surface area contributed by atoms with E-state index in [9.17, 15) is 14.7 Å². The van der Waals surface area contributed by atoms with E-state index in [0.717, 1.165) is 0 Å². The second-order valence-corrected chi connectivity index (χ2v) is 8.76.